The molecule has 0 spiro atoms. The van der Waals surface area contributed by atoms with Crippen LogP contribution in [0.25, 0.3) is 0 Å². The molecule has 0 heterocycles. The van der Waals surface area contributed by atoms with Crippen molar-refractivity contribution in [3.8, 4) is 5.75 Å². The van der Waals surface area contributed by atoms with Crippen molar-refractivity contribution in [1.82, 2.24) is 5.32 Å². The minimum absolute atomic E-state index is 0.00704. The van der Waals surface area contributed by atoms with Crippen molar-refractivity contribution >= 4 is 11.6 Å². The molecule has 0 fully saturated rings. The second-order valence-electron chi connectivity index (χ2n) is 4.16. The lowest BCUT2D eigenvalue weighted by Gasteiger charge is -2.14. The van der Waals surface area contributed by atoms with E-state index in [1.807, 2.05) is 6.92 Å². The van der Waals surface area contributed by atoms with Crippen LogP contribution in [-0.2, 0) is 4.79 Å². The van der Waals surface area contributed by atoms with Crippen LogP contribution in [-0.4, -0.2) is 23.5 Å². The van der Waals surface area contributed by atoms with E-state index in [9.17, 15) is 14.9 Å². The molecule has 0 saturated heterocycles. The predicted molar refractivity (Wildman–Crippen MR) is 71.1 cm³/mol. The highest BCUT2D eigenvalue weighted by molar-refractivity contribution is 5.80. The number of non-ortho nitro benzene ring substituents is 1. The summed E-state index contributed by atoms with van der Waals surface area (Å²) >= 11 is 0. The van der Waals surface area contributed by atoms with Gasteiger partial charge in [-0.05, 0) is 25.5 Å². The Morgan fingerprint density at radius 1 is 1.42 bits per heavy atom. The first-order valence-electron chi connectivity index (χ1n) is 6.23. The van der Waals surface area contributed by atoms with Gasteiger partial charge in [-0.25, -0.2) is 0 Å². The molecular formula is C13H18N2O4. The molecule has 1 unspecified atom stereocenters. The lowest BCUT2D eigenvalue weighted by Crippen LogP contribution is -2.36. The van der Waals surface area contributed by atoms with Crippen LogP contribution in [0.5, 0.6) is 5.75 Å². The van der Waals surface area contributed by atoms with Crippen LogP contribution in [0.4, 0.5) is 5.69 Å². The van der Waals surface area contributed by atoms with Crippen LogP contribution in [0.1, 0.15) is 26.7 Å². The van der Waals surface area contributed by atoms with Gasteiger partial charge in [-0.15, -0.1) is 0 Å². The van der Waals surface area contributed by atoms with Crippen molar-refractivity contribution < 1.29 is 14.5 Å². The third-order valence-electron chi connectivity index (χ3n) is 2.56. The van der Waals surface area contributed by atoms with Gasteiger partial charge in [-0.3, -0.25) is 14.9 Å². The van der Waals surface area contributed by atoms with Crippen LogP contribution in [0, 0.1) is 10.1 Å². The largest absolute Gasteiger partial charge is 0.481 e. The Hall–Kier alpha value is -2.11. The zero-order valence-electron chi connectivity index (χ0n) is 11.1. The Kier molecular flexibility index (Phi) is 5.78. The molecular weight excluding hydrogens is 248 g/mol. The molecule has 1 amide bonds. The summed E-state index contributed by atoms with van der Waals surface area (Å²) in [5, 5.41) is 13.3. The van der Waals surface area contributed by atoms with E-state index in [0.717, 1.165) is 12.8 Å². The highest BCUT2D eigenvalue weighted by Crippen LogP contribution is 2.18. The van der Waals surface area contributed by atoms with E-state index < -0.39 is 11.0 Å². The molecule has 6 heteroatoms. The van der Waals surface area contributed by atoms with Crippen LogP contribution in [0.15, 0.2) is 24.3 Å². The number of hydrogen-bond acceptors (Lipinski definition) is 4. The Balaban J connectivity index is 2.49. The fraction of sp³-hybridized carbons (Fsp3) is 0.462. The van der Waals surface area contributed by atoms with E-state index in [-0.39, 0.29) is 11.6 Å². The standard InChI is InChI=1S/C13H18N2O4/c1-3-4-9-14-13(16)10(2)19-12-7-5-11(6-8-12)15(17)18/h5-8,10H,3-4,9H2,1-2H3,(H,14,16). The smallest absolute Gasteiger partial charge is 0.269 e. The number of carbonyl (C=O) groups is 1. The van der Waals surface area contributed by atoms with Crippen molar-refractivity contribution in [2.75, 3.05) is 6.54 Å². The minimum atomic E-state index is -0.627. The van der Waals surface area contributed by atoms with E-state index in [2.05, 4.69) is 5.32 Å². The van der Waals surface area contributed by atoms with Gasteiger partial charge in [0.2, 0.25) is 0 Å². The fourth-order valence-corrected chi connectivity index (χ4v) is 1.44. The molecule has 0 saturated carbocycles. The Labute approximate surface area is 111 Å². The Bertz CT molecular complexity index is 431. The zero-order chi connectivity index (χ0) is 14.3. The van der Waals surface area contributed by atoms with Gasteiger partial charge in [-0.1, -0.05) is 13.3 Å². The molecule has 1 aromatic carbocycles. The minimum Gasteiger partial charge on any atom is -0.481 e. The number of carbonyl (C=O) groups excluding carboxylic acids is 1. The van der Waals surface area contributed by atoms with Gasteiger partial charge in [-0.2, -0.15) is 0 Å². The molecule has 0 aromatic heterocycles. The Morgan fingerprint density at radius 3 is 2.58 bits per heavy atom. The van der Waals surface area contributed by atoms with Gasteiger partial charge < -0.3 is 10.1 Å². The molecule has 0 aliphatic rings. The number of nitrogens with one attached hydrogen (secondary N) is 1. The number of benzene rings is 1. The lowest BCUT2D eigenvalue weighted by molar-refractivity contribution is -0.384. The first kappa shape index (κ1) is 14.9. The van der Waals surface area contributed by atoms with Crippen LogP contribution < -0.4 is 10.1 Å². The first-order chi connectivity index (χ1) is 9.04. The number of rotatable bonds is 7. The van der Waals surface area contributed by atoms with Crippen molar-refractivity contribution in [3.05, 3.63) is 34.4 Å². The number of nitro benzene ring substituents is 1. The number of hydrogen-bond donors (Lipinski definition) is 1. The van der Waals surface area contributed by atoms with Crippen LogP contribution in [0.2, 0.25) is 0 Å². The lowest BCUT2D eigenvalue weighted by atomic mass is 10.3. The summed E-state index contributed by atoms with van der Waals surface area (Å²) in [4.78, 5) is 21.7. The van der Waals surface area contributed by atoms with Crippen molar-refractivity contribution in [2.45, 2.75) is 32.8 Å². The van der Waals surface area contributed by atoms with Crippen LogP contribution in [0.3, 0.4) is 0 Å². The zero-order valence-corrected chi connectivity index (χ0v) is 11.1. The summed E-state index contributed by atoms with van der Waals surface area (Å²) in [6.07, 6.45) is 1.31. The van der Waals surface area contributed by atoms with Gasteiger partial charge in [0.25, 0.3) is 11.6 Å². The number of unbranched alkanes of at least 4 members (excludes halogenated alkanes) is 1. The molecule has 104 valence electrons. The monoisotopic (exact) mass is 266 g/mol. The van der Waals surface area contributed by atoms with Crippen molar-refractivity contribution in [1.29, 1.82) is 0 Å². The number of ether oxygens (including phenoxy) is 1. The molecule has 1 aromatic rings. The van der Waals surface area contributed by atoms with Gasteiger partial charge in [0.15, 0.2) is 6.10 Å². The summed E-state index contributed by atoms with van der Waals surface area (Å²) in [5.41, 5.74) is -0.00704. The third-order valence-corrected chi connectivity index (χ3v) is 2.56. The van der Waals surface area contributed by atoms with Crippen LogP contribution >= 0.6 is 0 Å². The fourth-order valence-electron chi connectivity index (χ4n) is 1.44. The summed E-state index contributed by atoms with van der Waals surface area (Å²) in [6.45, 7) is 4.31. The molecule has 1 atom stereocenters. The summed E-state index contributed by atoms with van der Waals surface area (Å²) < 4.78 is 5.41. The molecule has 0 radical (unpaired) electrons. The number of nitro groups is 1. The highest BCUT2D eigenvalue weighted by Gasteiger charge is 2.14. The molecule has 0 aliphatic carbocycles. The average molecular weight is 266 g/mol. The van der Waals surface area contributed by atoms with Gasteiger partial charge in [0.05, 0.1) is 4.92 Å². The third kappa shape index (κ3) is 4.95. The van der Waals surface area contributed by atoms with Gasteiger partial charge >= 0.3 is 0 Å². The molecule has 6 nitrogen and oxygen atoms in total. The van der Waals surface area contributed by atoms with E-state index in [0.29, 0.717) is 12.3 Å². The van der Waals surface area contributed by atoms with E-state index in [1.165, 1.54) is 24.3 Å². The first-order valence-corrected chi connectivity index (χ1v) is 6.23. The number of amides is 1. The normalized spacial score (nSPS) is 11.7. The summed E-state index contributed by atoms with van der Waals surface area (Å²) in [5.74, 6) is 0.246. The second-order valence-corrected chi connectivity index (χ2v) is 4.16. The summed E-state index contributed by atoms with van der Waals surface area (Å²) in [6, 6.07) is 5.65. The molecule has 0 bridgehead atoms. The van der Waals surface area contributed by atoms with E-state index >= 15 is 0 Å². The van der Waals surface area contributed by atoms with E-state index in [4.69, 9.17) is 4.74 Å². The highest BCUT2D eigenvalue weighted by atomic mass is 16.6. The predicted octanol–water partition coefficient (Wildman–Crippen LogP) is 2.28. The van der Waals surface area contributed by atoms with Gasteiger partial charge in [0, 0.05) is 18.7 Å². The molecule has 1 rings (SSSR count). The average Bonchev–Trinajstić information content (AvgIpc) is 2.39. The SMILES string of the molecule is CCCCNC(=O)C(C)Oc1ccc([N+](=O)[O-])cc1. The topological polar surface area (TPSA) is 81.5 Å². The quantitative estimate of drug-likeness (QED) is 0.466. The maximum absolute atomic E-state index is 11.7. The maximum atomic E-state index is 11.7. The van der Waals surface area contributed by atoms with Crippen molar-refractivity contribution in [3.63, 3.8) is 0 Å². The van der Waals surface area contributed by atoms with E-state index in [1.54, 1.807) is 6.92 Å². The van der Waals surface area contributed by atoms with Crippen molar-refractivity contribution in [2.24, 2.45) is 0 Å². The summed E-state index contributed by atoms with van der Waals surface area (Å²) in [7, 11) is 0. The molecule has 19 heavy (non-hydrogen) atoms. The van der Waals surface area contributed by atoms with Gasteiger partial charge in [0.1, 0.15) is 5.75 Å². The molecule has 1 N–H and O–H groups in total. The number of nitrogens with zero attached hydrogens (tertiary/aromatic N) is 1. The molecule has 0 aliphatic heterocycles. The maximum Gasteiger partial charge on any atom is 0.269 e. The Morgan fingerprint density at radius 2 is 2.05 bits per heavy atom. The second kappa shape index (κ2) is 7.35.